The molecule has 0 aromatic carbocycles. The lowest BCUT2D eigenvalue weighted by Crippen LogP contribution is -2.57. The van der Waals surface area contributed by atoms with Gasteiger partial charge in [0.15, 0.2) is 0 Å². The van der Waals surface area contributed by atoms with Crippen LogP contribution in [-0.4, -0.2) is 81.8 Å². The predicted molar refractivity (Wildman–Crippen MR) is 111 cm³/mol. The number of carbonyl (C=O) groups excluding carboxylic acids is 3. The summed E-state index contributed by atoms with van der Waals surface area (Å²) in [7, 11) is 0. The number of rotatable bonds is 14. The molecule has 0 rings (SSSR count). The number of nitrogens with two attached hydrogens (primary N) is 1. The van der Waals surface area contributed by atoms with E-state index in [1.165, 1.54) is 18.7 Å². The summed E-state index contributed by atoms with van der Waals surface area (Å²) >= 11 is 5.47. The Labute approximate surface area is 178 Å². The van der Waals surface area contributed by atoms with E-state index in [1.807, 2.05) is 6.26 Å². The van der Waals surface area contributed by atoms with Gasteiger partial charge in [0.05, 0.1) is 6.04 Å². The normalized spacial score (nSPS) is 14.8. The molecule has 11 nitrogen and oxygen atoms in total. The van der Waals surface area contributed by atoms with Gasteiger partial charge in [0.2, 0.25) is 17.7 Å². The lowest BCUT2D eigenvalue weighted by atomic mass is 10.1. The molecule has 0 aliphatic carbocycles. The molecule has 166 valence electrons. The van der Waals surface area contributed by atoms with Crippen molar-refractivity contribution in [2.24, 2.45) is 5.73 Å². The zero-order valence-corrected chi connectivity index (χ0v) is 17.9. The lowest BCUT2D eigenvalue weighted by Gasteiger charge is -2.23. The average Bonchev–Trinajstić information content (AvgIpc) is 2.66. The molecule has 3 amide bonds. The van der Waals surface area contributed by atoms with Crippen LogP contribution in [0.3, 0.4) is 0 Å². The van der Waals surface area contributed by atoms with Crippen molar-refractivity contribution in [1.82, 2.24) is 16.0 Å². The van der Waals surface area contributed by atoms with Gasteiger partial charge in [0.1, 0.15) is 18.1 Å². The summed E-state index contributed by atoms with van der Waals surface area (Å²) < 4.78 is 0. The SMILES string of the molecule is CSCCC(N)C(=O)NC(CCC(=O)O)C(=O)NC(CS)C(=O)NC(C)C(=O)O. The van der Waals surface area contributed by atoms with Crippen molar-refractivity contribution in [2.75, 3.05) is 17.8 Å². The summed E-state index contributed by atoms with van der Waals surface area (Å²) in [4.78, 5) is 58.5. The van der Waals surface area contributed by atoms with Crippen molar-refractivity contribution in [3.8, 4) is 0 Å². The highest BCUT2D eigenvalue weighted by atomic mass is 32.2. The van der Waals surface area contributed by atoms with Crippen molar-refractivity contribution in [3.63, 3.8) is 0 Å². The van der Waals surface area contributed by atoms with Gasteiger partial charge in [-0.3, -0.25) is 24.0 Å². The summed E-state index contributed by atoms with van der Waals surface area (Å²) in [6.45, 7) is 1.25. The lowest BCUT2D eigenvalue weighted by molar-refractivity contribution is -0.141. The first-order chi connectivity index (χ1) is 13.5. The molecule has 0 saturated heterocycles. The van der Waals surface area contributed by atoms with Gasteiger partial charge >= 0.3 is 11.9 Å². The fourth-order valence-electron chi connectivity index (χ4n) is 2.03. The maximum absolute atomic E-state index is 12.5. The third-order valence-electron chi connectivity index (χ3n) is 3.79. The number of aliphatic carboxylic acids is 2. The smallest absolute Gasteiger partial charge is 0.325 e. The number of thiol groups is 1. The summed E-state index contributed by atoms with van der Waals surface area (Å²) in [5.41, 5.74) is 5.76. The second-order valence-corrected chi connectivity index (χ2v) is 7.54. The minimum absolute atomic E-state index is 0.142. The van der Waals surface area contributed by atoms with Crippen LogP contribution < -0.4 is 21.7 Å². The minimum atomic E-state index is -1.26. The Morgan fingerprint density at radius 3 is 2.00 bits per heavy atom. The van der Waals surface area contributed by atoms with Crippen molar-refractivity contribution in [1.29, 1.82) is 0 Å². The molecule has 0 aromatic rings. The highest BCUT2D eigenvalue weighted by Gasteiger charge is 2.29. The Balaban J connectivity index is 5.11. The van der Waals surface area contributed by atoms with Crippen LogP contribution in [0.1, 0.15) is 26.2 Å². The topological polar surface area (TPSA) is 188 Å². The zero-order chi connectivity index (χ0) is 22.6. The van der Waals surface area contributed by atoms with E-state index in [1.54, 1.807) is 0 Å². The zero-order valence-electron chi connectivity index (χ0n) is 16.2. The molecule has 0 radical (unpaired) electrons. The summed E-state index contributed by atoms with van der Waals surface area (Å²) in [6.07, 6.45) is 1.61. The standard InChI is InChI=1S/C16H28N4O7S2/c1-8(16(26)27)18-15(25)11(7-28)20-14(24)10(3-4-12(21)22)19-13(23)9(17)5-6-29-2/h8-11,28H,3-7,17H2,1-2H3,(H,18,25)(H,19,23)(H,20,24)(H,21,22)(H,26,27). The van der Waals surface area contributed by atoms with Crippen molar-refractivity contribution in [2.45, 2.75) is 50.4 Å². The first-order valence-corrected chi connectivity index (χ1v) is 10.8. The highest BCUT2D eigenvalue weighted by Crippen LogP contribution is 2.03. The minimum Gasteiger partial charge on any atom is -0.481 e. The fourth-order valence-corrected chi connectivity index (χ4v) is 2.78. The third-order valence-corrected chi connectivity index (χ3v) is 4.80. The van der Waals surface area contributed by atoms with Gasteiger partial charge in [-0.1, -0.05) is 0 Å². The van der Waals surface area contributed by atoms with Crippen molar-refractivity contribution in [3.05, 3.63) is 0 Å². The Bertz CT molecular complexity index is 606. The number of thioether (sulfide) groups is 1. The first kappa shape index (κ1) is 27.0. The van der Waals surface area contributed by atoms with Gasteiger partial charge < -0.3 is 31.9 Å². The van der Waals surface area contributed by atoms with Crippen LogP contribution in [0.15, 0.2) is 0 Å². The number of carboxylic acid groups (broad SMARTS) is 2. The molecule has 0 spiro atoms. The average molecular weight is 453 g/mol. The van der Waals surface area contributed by atoms with E-state index in [-0.39, 0.29) is 12.2 Å². The molecule has 0 saturated carbocycles. The number of nitrogens with one attached hydrogen (secondary N) is 3. The molecule has 4 atom stereocenters. The van der Waals surface area contributed by atoms with Gasteiger partial charge in [-0.25, -0.2) is 0 Å². The number of amides is 3. The molecule has 0 fully saturated rings. The third kappa shape index (κ3) is 10.9. The quantitative estimate of drug-likeness (QED) is 0.153. The number of hydrogen-bond acceptors (Lipinski definition) is 8. The van der Waals surface area contributed by atoms with E-state index in [0.717, 1.165) is 0 Å². The molecule has 13 heteroatoms. The number of hydrogen-bond donors (Lipinski definition) is 7. The Kier molecular flexibility index (Phi) is 13.1. The Morgan fingerprint density at radius 2 is 1.52 bits per heavy atom. The summed E-state index contributed by atoms with van der Waals surface area (Å²) in [5, 5.41) is 24.7. The van der Waals surface area contributed by atoms with Crippen molar-refractivity contribution < 1.29 is 34.2 Å². The van der Waals surface area contributed by atoms with Crippen LogP contribution in [0.5, 0.6) is 0 Å². The summed E-state index contributed by atoms with van der Waals surface area (Å²) in [6, 6.07) is -4.46. The largest absolute Gasteiger partial charge is 0.481 e. The van der Waals surface area contributed by atoms with Crippen LogP contribution in [0.25, 0.3) is 0 Å². The molecule has 0 aliphatic heterocycles. The van der Waals surface area contributed by atoms with E-state index < -0.39 is 60.2 Å². The Hall–Kier alpha value is -1.99. The van der Waals surface area contributed by atoms with E-state index >= 15 is 0 Å². The van der Waals surface area contributed by atoms with Crippen LogP contribution in [0.4, 0.5) is 0 Å². The number of carbonyl (C=O) groups is 5. The van der Waals surface area contributed by atoms with Crippen LogP contribution in [0, 0.1) is 0 Å². The van der Waals surface area contributed by atoms with Gasteiger partial charge in [0, 0.05) is 12.2 Å². The molecule has 0 aromatic heterocycles. The van der Waals surface area contributed by atoms with E-state index in [9.17, 15) is 24.0 Å². The maximum atomic E-state index is 12.5. The molecule has 0 heterocycles. The van der Waals surface area contributed by atoms with Crippen LogP contribution in [-0.2, 0) is 24.0 Å². The molecule has 7 N–H and O–H groups in total. The van der Waals surface area contributed by atoms with E-state index in [0.29, 0.717) is 12.2 Å². The predicted octanol–water partition coefficient (Wildman–Crippen LogP) is -1.58. The highest BCUT2D eigenvalue weighted by molar-refractivity contribution is 7.98. The van der Waals surface area contributed by atoms with Gasteiger partial charge in [-0.05, 0) is 31.8 Å². The monoisotopic (exact) mass is 452 g/mol. The molecule has 0 bridgehead atoms. The number of carboxylic acids is 2. The van der Waals surface area contributed by atoms with Crippen LogP contribution >= 0.6 is 24.4 Å². The summed E-state index contributed by atoms with van der Waals surface area (Å²) in [5.74, 6) is -4.12. The molecular formula is C16H28N4O7S2. The second-order valence-electron chi connectivity index (χ2n) is 6.19. The Morgan fingerprint density at radius 1 is 0.966 bits per heavy atom. The second kappa shape index (κ2) is 14.1. The van der Waals surface area contributed by atoms with Gasteiger partial charge in [-0.2, -0.15) is 24.4 Å². The van der Waals surface area contributed by atoms with Gasteiger partial charge in [-0.15, -0.1) is 0 Å². The fraction of sp³-hybridized carbons (Fsp3) is 0.688. The molecule has 29 heavy (non-hydrogen) atoms. The van der Waals surface area contributed by atoms with Gasteiger partial charge in [0.25, 0.3) is 0 Å². The molecule has 4 unspecified atom stereocenters. The van der Waals surface area contributed by atoms with E-state index in [2.05, 4.69) is 28.6 Å². The maximum Gasteiger partial charge on any atom is 0.325 e. The van der Waals surface area contributed by atoms with E-state index in [4.69, 9.17) is 15.9 Å². The van der Waals surface area contributed by atoms with Crippen LogP contribution in [0.2, 0.25) is 0 Å². The first-order valence-electron chi connectivity index (χ1n) is 8.74. The van der Waals surface area contributed by atoms with Crippen molar-refractivity contribution >= 4 is 54.1 Å². The molecule has 0 aliphatic rings. The molecular weight excluding hydrogens is 424 g/mol.